The Labute approximate surface area is 102 Å². The van der Waals surface area contributed by atoms with E-state index in [2.05, 4.69) is 6.58 Å². The van der Waals surface area contributed by atoms with Crippen molar-refractivity contribution in [2.45, 2.75) is 44.1 Å². The van der Waals surface area contributed by atoms with Crippen molar-refractivity contribution in [1.82, 2.24) is 0 Å². The molecule has 3 nitrogen and oxygen atoms in total. The molecule has 0 aromatic rings. The molecule has 4 bridgehead atoms. The van der Waals surface area contributed by atoms with Crippen LogP contribution in [0.15, 0.2) is 12.8 Å². The van der Waals surface area contributed by atoms with Crippen LogP contribution in [-0.4, -0.2) is 18.2 Å². The van der Waals surface area contributed by atoms with Gasteiger partial charge in [-0.2, -0.15) is 0 Å². The summed E-state index contributed by atoms with van der Waals surface area (Å²) in [5.74, 6) is 2.40. The van der Waals surface area contributed by atoms with E-state index in [1.165, 1.54) is 19.1 Å². The Balaban J connectivity index is 1.55. The molecule has 0 N–H and O–H groups in total. The minimum Gasteiger partial charge on any atom is -0.501 e. The lowest BCUT2D eigenvalue weighted by atomic mass is 9.78. The quantitative estimate of drug-likeness (QED) is 0.418. The second kappa shape index (κ2) is 4.04. The smallest absolute Gasteiger partial charge is 0.309 e. The SMILES string of the molecule is C=COCCC(=O)OC12CC3CC(C1)C(C3)C2. The molecule has 0 heterocycles. The topological polar surface area (TPSA) is 35.5 Å². The lowest BCUT2D eigenvalue weighted by Crippen LogP contribution is -2.39. The zero-order valence-corrected chi connectivity index (χ0v) is 10.2. The van der Waals surface area contributed by atoms with Crippen molar-refractivity contribution >= 4 is 5.97 Å². The number of rotatable bonds is 5. The first-order valence-electron chi connectivity index (χ1n) is 6.65. The monoisotopic (exact) mass is 236 g/mol. The van der Waals surface area contributed by atoms with Gasteiger partial charge in [-0.3, -0.25) is 4.79 Å². The minimum atomic E-state index is -0.103. The second-order valence-electron chi connectivity index (χ2n) is 5.91. The molecule has 2 atom stereocenters. The standard InChI is InChI=1S/C14H20O3/c1-2-16-4-3-13(15)17-14-7-10-5-11(8-14)12(6-10)9-14/h2,10-12H,1,3-9H2. The highest BCUT2D eigenvalue weighted by Gasteiger charge is 2.57. The van der Waals surface area contributed by atoms with E-state index < -0.39 is 0 Å². The van der Waals surface area contributed by atoms with E-state index >= 15 is 0 Å². The molecule has 17 heavy (non-hydrogen) atoms. The van der Waals surface area contributed by atoms with Crippen molar-refractivity contribution in [2.75, 3.05) is 6.61 Å². The molecule has 4 rings (SSSR count). The average Bonchev–Trinajstić information content (AvgIpc) is 2.66. The molecule has 0 radical (unpaired) electrons. The Hall–Kier alpha value is -0.990. The fourth-order valence-corrected chi connectivity index (χ4v) is 4.38. The highest BCUT2D eigenvalue weighted by atomic mass is 16.6. The third-order valence-electron chi connectivity index (χ3n) is 4.74. The molecule has 0 spiro atoms. The Bertz CT molecular complexity index is 317. The van der Waals surface area contributed by atoms with Crippen molar-refractivity contribution in [3.05, 3.63) is 12.8 Å². The van der Waals surface area contributed by atoms with Crippen LogP contribution in [0, 0.1) is 17.8 Å². The number of carbonyl (C=O) groups is 1. The van der Waals surface area contributed by atoms with Gasteiger partial charge in [0.05, 0.1) is 19.3 Å². The number of esters is 1. The maximum absolute atomic E-state index is 11.8. The Morgan fingerprint density at radius 1 is 1.29 bits per heavy atom. The fourth-order valence-electron chi connectivity index (χ4n) is 4.38. The van der Waals surface area contributed by atoms with Crippen LogP contribution in [0.25, 0.3) is 0 Å². The average molecular weight is 236 g/mol. The molecule has 94 valence electrons. The van der Waals surface area contributed by atoms with Gasteiger partial charge in [-0.25, -0.2) is 0 Å². The van der Waals surface area contributed by atoms with Crippen LogP contribution in [0.2, 0.25) is 0 Å². The first-order valence-corrected chi connectivity index (χ1v) is 6.65. The van der Waals surface area contributed by atoms with Gasteiger partial charge < -0.3 is 9.47 Å². The van der Waals surface area contributed by atoms with E-state index in [1.807, 2.05) is 0 Å². The van der Waals surface area contributed by atoms with Crippen molar-refractivity contribution in [2.24, 2.45) is 17.8 Å². The normalized spacial score (nSPS) is 41.5. The number of hydrogen-bond acceptors (Lipinski definition) is 3. The molecule has 4 fully saturated rings. The number of carbonyl (C=O) groups excluding carboxylic acids is 1. The van der Waals surface area contributed by atoms with Gasteiger partial charge in [0, 0.05) is 0 Å². The molecule has 0 saturated heterocycles. The van der Waals surface area contributed by atoms with Gasteiger partial charge in [0.25, 0.3) is 0 Å². The van der Waals surface area contributed by atoms with Crippen LogP contribution in [0.4, 0.5) is 0 Å². The molecule has 3 heteroatoms. The van der Waals surface area contributed by atoms with Crippen LogP contribution in [0.1, 0.15) is 38.5 Å². The van der Waals surface area contributed by atoms with E-state index in [0.29, 0.717) is 13.0 Å². The zero-order valence-electron chi connectivity index (χ0n) is 10.2. The van der Waals surface area contributed by atoms with Gasteiger partial charge in [0.1, 0.15) is 5.60 Å². The number of ether oxygens (including phenoxy) is 2. The predicted molar refractivity (Wildman–Crippen MR) is 63.1 cm³/mol. The van der Waals surface area contributed by atoms with Gasteiger partial charge in [0.2, 0.25) is 0 Å². The van der Waals surface area contributed by atoms with Crippen molar-refractivity contribution in [1.29, 1.82) is 0 Å². The zero-order chi connectivity index (χ0) is 11.9. The highest BCUT2D eigenvalue weighted by molar-refractivity contribution is 5.70. The van der Waals surface area contributed by atoms with E-state index in [0.717, 1.165) is 37.0 Å². The first kappa shape index (κ1) is 11.1. The molecule has 4 aliphatic rings. The third-order valence-corrected chi connectivity index (χ3v) is 4.74. The molecule has 4 aliphatic carbocycles. The largest absolute Gasteiger partial charge is 0.501 e. The summed E-state index contributed by atoms with van der Waals surface area (Å²) >= 11 is 0. The lowest BCUT2D eigenvalue weighted by molar-refractivity contribution is -0.165. The maximum Gasteiger partial charge on any atom is 0.309 e. The lowest BCUT2D eigenvalue weighted by Gasteiger charge is -2.37. The molecular formula is C14H20O3. The second-order valence-corrected chi connectivity index (χ2v) is 5.91. The van der Waals surface area contributed by atoms with Crippen molar-refractivity contribution in [3.63, 3.8) is 0 Å². The summed E-state index contributed by atoms with van der Waals surface area (Å²) in [5, 5.41) is 0. The summed E-state index contributed by atoms with van der Waals surface area (Å²) < 4.78 is 10.7. The molecule has 0 amide bonds. The summed E-state index contributed by atoms with van der Waals surface area (Å²) in [7, 11) is 0. The molecule has 0 aromatic carbocycles. The fraction of sp³-hybridized carbons (Fsp3) is 0.786. The van der Waals surface area contributed by atoms with Gasteiger partial charge in [0.15, 0.2) is 0 Å². The molecule has 2 unspecified atom stereocenters. The van der Waals surface area contributed by atoms with Crippen LogP contribution in [-0.2, 0) is 14.3 Å². The van der Waals surface area contributed by atoms with E-state index in [1.54, 1.807) is 0 Å². The summed E-state index contributed by atoms with van der Waals surface area (Å²) in [6.07, 6.45) is 7.80. The summed E-state index contributed by atoms with van der Waals surface area (Å²) in [6.45, 7) is 3.83. The molecular weight excluding hydrogens is 216 g/mol. The van der Waals surface area contributed by atoms with Crippen LogP contribution in [0.3, 0.4) is 0 Å². The van der Waals surface area contributed by atoms with Gasteiger partial charge in [-0.1, -0.05) is 6.58 Å². The van der Waals surface area contributed by atoms with Gasteiger partial charge in [-0.05, 0) is 49.9 Å². The Kier molecular flexibility index (Phi) is 2.64. The Morgan fingerprint density at radius 3 is 2.59 bits per heavy atom. The van der Waals surface area contributed by atoms with Crippen molar-refractivity contribution in [3.8, 4) is 0 Å². The highest BCUT2D eigenvalue weighted by Crippen LogP contribution is 2.61. The molecule has 0 aliphatic heterocycles. The Morgan fingerprint density at radius 2 is 2.00 bits per heavy atom. The molecule has 4 saturated carbocycles. The van der Waals surface area contributed by atoms with Crippen LogP contribution < -0.4 is 0 Å². The van der Waals surface area contributed by atoms with E-state index in [-0.39, 0.29) is 11.6 Å². The van der Waals surface area contributed by atoms with E-state index in [9.17, 15) is 4.79 Å². The third kappa shape index (κ3) is 1.96. The summed E-state index contributed by atoms with van der Waals surface area (Å²) in [4.78, 5) is 11.8. The van der Waals surface area contributed by atoms with E-state index in [4.69, 9.17) is 9.47 Å². The summed E-state index contributed by atoms with van der Waals surface area (Å²) in [6, 6.07) is 0. The van der Waals surface area contributed by atoms with Crippen molar-refractivity contribution < 1.29 is 14.3 Å². The number of hydrogen-bond donors (Lipinski definition) is 0. The van der Waals surface area contributed by atoms with Crippen LogP contribution >= 0.6 is 0 Å². The van der Waals surface area contributed by atoms with Crippen LogP contribution in [0.5, 0.6) is 0 Å². The predicted octanol–water partition coefficient (Wildman–Crippen LogP) is 2.66. The maximum atomic E-state index is 11.8. The van der Waals surface area contributed by atoms with Gasteiger partial charge >= 0.3 is 5.97 Å². The minimum absolute atomic E-state index is 0.0955. The molecule has 0 aromatic heterocycles. The first-order chi connectivity index (χ1) is 8.21. The van der Waals surface area contributed by atoms with Gasteiger partial charge in [-0.15, -0.1) is 0 Å². The summed E-state index contributed by atoms with van der Waals surface area (Å²) in [5.41, 5.74) is -0.0955.